The average Bonchev–Trinajstić information content (AvgIpc) is 3.26. The van der Waals surface area contributed by atoms with Crippen molar-refractivity contribution < 1.29 is 23.9 Å². The number of carbonyl (C=O) groups excluding carboxylic acids is 3. The first kappa shape index (κ1) is 25.1. The number of methoxy groups -OCH3 is 2. The molecule has 0 saturated carbocycles. The molecule has 178 valence electrons. The van der Waals surface area contributed by atoms with Crippen molar-refractivity contribution in [3.8, 4) is 11.5 Å². The van der Waals surface area contributed by atoms with Gasteiger partial charge in [0.2, 0.25) is 17.7 Å². The molecule has 0 fully saturated rings. The maximum Gasteiger partial charge on any atom is 0.234 e. The van der Waals surface area contributed by atoms with Crippen LogP contribution in [0.4, 0.5) is 17.1 Å². The molecule has 0 saturated heterocycles. The van der Waals surface area contributed by atoms with Crippen LogP contribution in [0.15, 0.2) is 52.2 Å². The van der Waals surface area contributed by atoms with Gasteiger partial charge in [0.15, 0.2) is 4.34 Å². The zero-order valence-electron chi connectivity index (χ0n) is 18.8. The second kappa shape index (κ2) is 12.1. The Balaban J connectivity index is 1.47. The molecule has 3 N–H and O–H groups in total. The van der Waals surface area contributed by atoms with Gasteiger partial charge in [0.25, 0.3) is 0 Å². The zero-order chi connectivity index (χ0) is 24.5. The molecule has 3 aromatic rings. The number of hydrogen-bond donors (Lipinski definition) is 3. The summed E-state index contributed by atoms with van der Waals surface area (Å²) < 4.78 is 11.1. The zero-order valence-corrected chi connectivity index (χ0v) is 20.5. The lowest BCUT2D eigenvalue weighted by molar-refractivity contribution is -0.116. The third-order valence-electron chi connectivity index (χ3n) is 4.37. The van der Waals surface area contributed by atoms with E-state index in [0.29, 0.717) is 38.6 Å². The van der Waals surface area contributed by atoms with Crippen LogP contribution < -0.4 is 25.4 Å². The Labute approximate surface area is 205 Å². The third kappa shape index (κ3) is 7.49. The van der Waals surface area contributed by atoms with Crippen LogP contribution in [0.2, 0.25) is 0 Å². The Morgan fingerprint density at radius 1 is 0.941 bits per heavy atom. The van der Waals surface area contributed by atoms with Gasteiger partial charge in [-0.15, -0.1) is 11.3 Å². The molecule has 2 aromatic carbocycles. The highest BCUT2D eigenvalue weighted by molar-refractivity contribution is 8.01. The highest BCUT2D eigenvalue weighted by Crippen LogP contribution is 2.29. The van der Waals surface area contributed by atoms with Gasteiger partial charge in [-0.3, -0.25) is 14.4 Å². The standard InChI is InChI=1S/C23H24N4O5S2/c1-14(28)24-15-4-6-16(7-5-15)25-22(30)13-34-23-26-17(12-33-23)10-21(29)27-19-9-8-18(31-2)11-20(19)32-3/h4-9,11-12H,10,13H2,1-3H3,(H,24,28)(H,25,30)(H,27,29). The van der Waals surface area contributed by atoms with E-state index in [1.807, 2.05) is 0 Å². The highest BCUT2D eigenvalue weighted by atomic mass is 32.2. The van der Waals surface area contributed by atoms with Crippen LogP contribution in [0.1, 0.15) is 12.6 Å². The molecule has 1 aromatic heterocycles. The summed E-state index contributed by atoms with van der Waals surface area (Å²) in [7, 11) is 3.08. The van der Waals surface area contributed by atoms with E-state index in [4.69, 9.17) is 9.47 Å². The molecule has 3 rings (SSSR count). The van der Waals surface area contributed by atoms with Crippen molar-refractivity contribution in [2.24, 2.45) is 0 Å². The molecule has 9 nitrogen and oxygen atoms in total. The highest BCUT2D eigenvalue weighted by Gasteiger charge is 2.13. The summed E-state index contributed by atoms with van der Waals surface area (Å²) in [6.45, 7) is 1.43. The molecule has 0 aliphatic rings. The van der Waals surface area contributed by atoms with Crippen molar-refractivity contribution in [2.75, 3.05) is 35.9 Å². The lowest BCUT2D eigenvalue weighted by atomic mass is 10.2. The molecular formula is C23H24N4O5S2. The lowest BCUT2D eigenvalue weighted by Gasteiger charge is -2.11. The molecule has 3 amide bonds. The van der Waals surface area contributed by atoms with Gasteiger partial charge in [-0.25, -0.2) is 4.98 Å². The van der Waals surface area contributed by atoms with Gasteiger partial charge in [0, 0.05) is 29.7 Å². The number of carbonyl (C=O) groups is 3. The summed E-state index contributed by atoms with van der Waals surface area (Å²) in [6.07, 6.45) is 0.0963. The number of nitrogens with zero attached hydrogens (tertiary/aromatic N) is 1. The van der Waals surface area contributed by atoms with Gasteiger partial charge >= 0.3 is 0 Å². The van der Waals surface area contributed by atoms with Crippen molar-refractivity contribution in [3.63, 3.8) is 0 Å². The molecular weight excluding hydrogens is 476 g/mol. The van der Waals surface area contributed by atoms with Gasteiger partial charge in [0.05, 0.1) is 37.8 Å². The molecule has 0 aliphatic carbocycles. The van der Waals surface area contributed by atoms with Gasteiger partial charge in [-0.1, -0.05) is 11.8 Å². The molecule has 0 unspecified atom stereocenters. The Morgan fingerprint density at radius 3 is 2.29 bits per heavy atom. The van der Waals surface area contributed by atoms with E-state index in [9.17, 15) is 14.4 Å². The van der Waals surface area contributed by atoms with Crippen LogP contribution in [0, 0.1) is 0 Å². The van der Waals surface area contributed by atoms with Crippen molar-refractivity contribution >= 4 is 57.9 Å². The van der Waals surface area contributed by atoms with Gasteiger partial charge in [-0.2, -0.15) is 0 Å². The van der Waals surface area contributed by atoms with Crippen molar-refractivity contribution in [2.45, 2.75) is 17.7 Å². The van der Waals surface area contributed by atoms with E-state index < -0.39 is 0 Å². The minimum absolute atomic E-state index is 0.0963. The first-order valence-corrected chi connectivity index (χ1v) is 12.0. The summed E-state index contributed by atoms with van der Waals surface area (Å²) in [4.78, 5) is 40.2. The molecule has 0 aliphatic heterocycles. The minimum atomic E-state index is -0.231. The summed E-state index contributed by atoms with van der Waals surface area (Å²) in [5.41, 5.74) is 2.45. The molecule has 0 radical (unpaired) electrons. The van der Waals surface area contributed by atoms with E-state index in [1.54, 1.807) is 55.0 Å². The summed E-state index contributed by atoms with van der Waals surface area (Å²) >= 11 is 2.67. The number of benzene rings is 2. The number of aromatic nitrogens is 1. The van der Waals surface area contributed by atoms with Crippen molar-refractivity contribution in [3.05, 3.63) is 53.5 Å². The normalized spacial score (nSPS) is 10.3. The first-order valence-electron chi connectivity index (χ1n) is 10.1. The van der Waals surface area contributed by atoms with Crippen LogP contribution in [0.3, 0.4) is 0 Å². The second-order valence-electron chi connectivity index (χ2n) is 6.99. The smallest absolute Gasteiger partial charge is 0.234 e. The maximum absolute atomic E-state index is 12.4. The van der Waals surface area contributed by atoms with Crippen LogP contribution in [0.5, 0.6) is 11.5 Å². The fraction of sp³-hybridized carbons (Fsp3) is 0.217. The largest absolute Gasteiger partial charge is 0.497 e. The van der Waals surface area contributed by atoms with E-state index in [0.717, 1.165) is 0 Å². The van der Waals surface area contributed by atoms with Gasteiger partial charge < -0.3 is 25.4 Å². The summed E-state index contributed by atoms with van der Waals surface area (Å²) in [5.74, 6) is 0.730. The van der Waals surface area contributed by atoms with Crippen molar-refractivity contribution in [1.29, 1.82) is 0 Å². The Bertz CT molecular complexity index is 1160. The van der Waals surface area contributed by atoms with Crippen LogP contribution in [-0.2, 0) is 20.8 Å². The van der Waals surface area contributed by atoms with Gasteiger partial charge in [-0.05, 0) is 36.4 Å². The molecule has 11 heteroatoms. The molecule has 34 heavy (non-hydrogen) atoms. The topological polar surface area (TPSA) is 119 Å². The number of thiazole rings is 1. The molecule has 0 bridgehead atoms. The molecule has 0 spiro atoms. The number of thioether (sulfide) groups is 1. The fourth-order valence-corrected chi connectivity index (χ4v) is 4.51. The number of ether oxygens (including phenoxy) is 2. The Morgan fingerprint density at radius 2 is 1.65 bits per heavy atom. The van der Waals surface area contributed by atoms with E-state index in [-0.39, 0.29) is 29.9 Å². The Kier molecular flexibility index (Phi) is 8.88. The number of rotatable bonds is 10. The maximum atomic E-state index is 12.4. The molecule has 0 atom stereocenters. The van der Waals surface area contributed by atoms with Crippen LogP contribution >= 0.6 is 23.1 Å². The number of amides is 3. The van der Waals surface area contributed by atoms with E-state index in [2.05, 4.69) is 20.9 Å². The second-order valence-corrected chi connectivity index (χ2v) is 9.07. The predicted molar refractivity (Wildman–Crippen MR) is 134 cm³/mol. The Hall–Kier alpha value is -3.57. The first-order chi connectivity index (χ1) is 16.4. The van der Waals surface area contributed by atoms with Gasteiger partial charge in [0.1, 0.15) is 11.5 Å². The predicted octanol–water partition coefficient (Wildman–Crippen LogP) is 4.03. The molecule has 1 heterocycles. The number of anilines is 3. The van der Waals surface area contributed by atoms with E-state index in [1.165, 1.54) is 37.1 Å². The number of hydrogen-bond acceptors (Lipinski definition) is 8. The fourth-order valence-electron chi connectivity index (χ4n) is 2.86. The minimum Gasteiger partial charge on any atom is -0.497 e. The monoisotopic (exact) mass is 500 g/mol. The SMILES string of the molecule is COc1ccc(NC(=O)Cc2csc(SCC(=O)Nc3ccc(NC(C)=O)cc3)n2)c(OC)c1. The third-order valence-corrected chi connectivity index (χ3v) is 6.44. The van der Waals surface area contributed by atoms with Crippen molar-refractivity contribution in [1.82, 2.24) is 4.98 Å². The van der Waals surface area contributed by atoms with Crippen LogP contribution in [0.25, 0.3) is 0 Å². The quantitative estimate of drug-likeness (QED) is 0.360. The lowest BCUT2D eigenvalue weighted by Crippen LogP contribution is -2.15. The number of nitrogens with one attached hydrogen (secondary N) is 3. The average molecular weight is 501 g/mol. The van der Waals surface area contributed by atoms with E-state index >= 15 is 0 Å². The summed E-state index contributed by atoms with van der Waals surface area (Å²) in [6, 6.07) is 12.0. The summed E-state index contributed by atoms with van der Waals surface area (Å²) in [5, 5.41) is 10.1. The van der Waals surface area contributed by atoms with Crippen LogP contribution in [-0.4, -0.2) is 42.7 Å².